The molecule has 0 atom stereocenters. The minimum Gasteiger partial charge on any atom is -0.495 e. The Hall–Kier alpha value is -2.20. The van der Waals surface area contributed by atoms with Crippen molar-refractivity contribution in [1.82, 2.24) is 0 Å². The van der Waals surface area contributed by atoms with E-state index in [0.29, 0.717) is 16.5 Å². The van der Waals surface area contributed by atoms with Crippen molar-refractivity contribution >= 4 is 23.2 Å². The van der Waals surface area contributed by atoms with Crippen LogP contribution >= 0.6 is 11.6 Å². The summed E-state index contributed by atoms with van der Waals surface area (Å²) in [6, 6.07) is 11.1. The summed E-state index contributed by atoms with van der Waals surface area (Å²) in [6.07, 6.45) is 3.40. The number of benzene rings is 2. The normalized spacial score (nSPS) is 12.6. The van der Waals surface area contributed by atoms with Gasteiger partial charge in [-0.15, -0.1) is 0 Å². The molecular formula is C18H18ClNO3. The van der Waals surface area contributed by atoms with E-state index < -0.39 is 0 Å². The van der Waals surface area contributed by atoms with Crippen molar-refractivity contribution in [2.45, 2.75) is 19.3 Å². The third kappa shape index (κ3) is 3.77. The molecule has 4 nitrogen and oxygen atoms in total. The molecule has 0 fully saturated rings. The first-order valence-electron chi connectivity index (χ1n) is 7.54. The molecule has 5 heteroatoms. The van der Waals surface area contributed by atoms with Crippen LogP contribution in [0.15, 0.2) is 36.4 Å². The summed E-state index contributed by atoms with van der Waals surface area (Å²) >= 11 is 5.95. The molecule has 3 rings (SSSR count). The van der Waals surface area contributed by atoms with Crippen LogP contribution in [0.4, 0.5) is 5.69 Å². The SMILES string of the molecule is COc1ccc(Cl)cc1NC(=O)COc1ccc2c(c1)CCC2. The standard InChI is InChI=1S/C18H18ClNO3/c1-22-17-8-6-14(19)10-16(17)20-18(21)11-23-15-7-5-12-3-2-4-13(12)9-15/h5-10H,2-4,11H2,1H3,(H,20,21). The Labute approximate surface area is 140 Å². The highest BCUT2D eigenvalue weighted by Gasteiger charge is 2.13. The van der Waals surface area contributed by atoms with E-state index in [9.17, 15) is 4.79 Å². The number of aryl methyl sites for hydroxylation is 2. The molecule has 0 spiro atoms. The average molecular weight is 332 g/mol. The van der Waals surface area contributed by atoms with Crippen LogP contribution in [-0.4, -0.2) is 19.6 Å². The van der Waals surface area contributed by atoms with Gasteiger partial charge in [0.1, 0.15) is 11.5 Å². The van der Waals surface area contributed by atoms with Gasteiger partial charge in [-0.1, -0.05) is 17.7 Å². The minimum absolute atomic E-state index is 0.0611. The van der Waals surface area contributed by atoms with E-state index in [-0.39, 0.29) is 12.5 Å². The predicted molar refractivity (Wildman–Crippen MR) is 90.6 cm³/mol. The lowest BCUT2D eigenvalue weighted by Gasteiger charge is -2.11. The van der Waals surface area contributed by atoms with Crippen molar-refractivity contribution in [3.05, 3.63) is 52.5 Å². The van der Waals surface area contributed by atoms with Gasteiger partial charge in [0.05, 0.1) is 12.8 Å². The molecule has 0 radical (unpaired) electrons. The lowest BCUT2D eigenvalue weighted by Crippen LogP contribution is -2.20. The van der Waals surface area contributed by atoms with E-state index in [1.54, 1.807) is 25.3 Å². The molecule has 1 aliphatic carbocycles. The van der Waals surface area contributed by atoms with Gasteiger partial charge in [-0.25, -0.2) is 0 Å². The summed E-state index contributed by atoms with van der Waals surface area (Å²) in [4.78, 5) is 12.1. The quantitative estimate of drug-likeness (QED) is 0.905. The van der Waals surface area contributed by atoms with Crippen LogP contribution in [0.3, 0.4) is 0 Å². The largest absolute Gasteiger partial charge is 0.495 e. The highest BCUT2D eigenvalue weighted by Crippen LogP contribution is 2.28. The molecule has 1 aliphatic rings. The van der Waals surface area contributed by atoms with E-state index in [1.807, 2.05) is 12.1 Å². The fraction of sp³-hybridized carbons (Fsp3) is 0.278. The van der Waals surface area contributed by atoms with Gasteiger partial charge in [-0.05, 0) is 60.7 Å². The van der Waals surface area contributed by atoms with E-state index in [0.717, 1.165) is 18.6 Å². The van der Waals surface area contributed by atoms with Crippen molar-refractivity contribution in [2.75, 3.05) is 19.0 Å². The molecule has 2 aromatic carbocycles. The van der Waals surface area contributed by atoms with Crippen molar-refractivity contribution in [1.29, 1.82) is 0 Å². The zero-order valence-corrected chi connectivity index (χ0v) is 13.7. The Balaban J connectivity index is 1.61. The highest BCUT2D eigenvalue weighted by atomic mass is 35.5. The second kappa shape index (κ2) is 6.92. The van der Waals surface area contributed by atoms with Gasteiger partial charge in [-0.3, -0.25) is 4.79 Å². The number of nitrogens with one attached hydrogen (secondary N) is 1. The number of ether oxygens (including phenoxy) is 2. The van der Waals surface area contributed by atoms with Gasteiger partial charge in [0.25, 0.3) is 5.91 Å². The molecule has 0 unspecified atom stereocenters. The van der Waals surface area contributed by atoms with Gasteiger partial charge in [0.2, 0.25) is 0 Å². The number of halogens is 1. The molecule has 1 N–H and O–H groups in total. The molecule has 0 aliphatic heterocycles. The third-order valence-electron chi connectivity index (χ3n) is 3.88. The summed E-state index contributed by atoms with van der Waals surface area (Å²) in [7, 11) is 1.54. The summed E-state index contributed by atoms with van der Waals surface area (Å²) in [6.45, 7) is -0.0611. The number of amides is 1. The molecule has 23 heavy (non-hydrogen) atoms. The number of anilines is 1. The van der Waals surface area contributed by atoms with Crippen molar-refractivity contribution in [2.24, 2.45) is 0 Å². The van der Waals surface area contributed by atoms with Crippen LogP contribution in [0.5, 0.6) is 11.5 Å². The number of carbonyl (C=O) groups excluding carboxylic acids is 1. The van der Waals surface area contributed by atoms with Gasteiger partial charge < -0.3 is 14.8 Å². The van der Waals surface area contributed by atoms with Crippen molar-refractivity contribution in [3.63, 3.8) is 0 Å². The number of hydrogen-bond acceptors (Lipinski definition) is 3. The summed E-state index contributed by atoms with van der Waals surface area (Å²) in [5.74, 6) is 1.02. The molecular weight excluding hydrogens is 314 g/mol. The van der Waals surface area contributed by atoms with Gasteiger partial charge in [0, 0.05) is 5.02 Å². The fourth-order valence-corrected chi connectivity index (χ4v) is 2.92. The lowest BCUT2D eigenvalue weighted by atomic mass is 10.1. The zero-order valence-electron chi connectivity index (χ0n) is 12.9. The first kappa shape index (κ1) is 15.7. The molecule has 0 saturated heterocycles. The Kier molecular flexibility index (Phi) is 4.72. The monoisotopic (exact) mass is 331 g/mol. The Morgan fingerprint density at radius 1 is 1.17 bits per heavy atom. The second-order valence-electron chi connectivity index (χ2n) is 5.47. The number of fused-ring (bicyclic) bond motifs is 1. The average Bonchev–Trinajstić information content (AvgIpc) is 3.01. The molecule has 0 bridgehead atoms. The van der Waals surface area contributed by atoms with Crippen LogP contribution in [-0.2, 0) is 17.6 Å². The maximum Gasteiger partial charge on any atom is 0.262 e. The van der Waals surface area contributed by atoms with Gasteiger partial charge in [0.15, 0.2) is 6.61 Å². The summed E-state index contributed by atoms with van der Waals surface area (Å²) in [5.41, 5.74) is 3.23. The molecule has 120 valence electrons. The topological polar surface area (TPSA) is 47.6 Å². The maximum absolute atomic E-state index is 12.1. The second-order valence-corrected chi connectivity index (χ2v) is 5.90. The van der Waals surface area contributed by atoms with Crippen LogP contribution in [0.1, 0.15) is 17.5 Å². The minimum atomic E-state index is -0.258. The van der Waals surface area contributed by atoms with Crippen molar-refractivity contribution < 1.29 is 14.3 Å². The zero-order chi connectivity index (χ0) is 16.2. The highest BCUT2D eigenvalue weighted by molar-refractivity contribution is 6.31. The molecule has 0 aromatic heterocycles. The number of rotatable bonds is 5. The summed E-state index contributed by atoms with van der Waals surface area (Å²) < 4.78 is 10.8. The maximum atomic E-state index is 12.1. The fourth-order valence-electron chi connectivity index (χ4n) is 2.75. The first-order valence-corrected chi connectivity index (χ1v) is 7.91. The Morgan fingerprint density at radius 2 is 2.00 bits per heavy atom. The van der Waals surface area contributed by atoms with E-state index in [4.69, 9.17) is 21.1 Å². The molecule has 2 aromatic rings. The van der Waals surface area contributed by atoms with Crippen LogP contribution in [0.25, 0.3) is 0 Å². The van der Waals surface area contributed by atoms with Crippen molar-refractivity contribution in [3.8, 4) is 11.5 Å². The van der Waals surface area contributed by atoms with E-state index in [1.165, 1.54) is 17.5 Å². The lowest BCUT2D eigenvalue weighted by molar-refractivity contribution is -0.118. The van der Waals surface area contributed by atoms with E-state index in [2.05, 4.69) is 11.4 Å². The predicted octanol–water partition coefficient (Wildman–Crippen LogP) is 3.85. The first-order chi connectivity index (χ1) is 11.2. The smallest absolute Gasteiger partial charge is 0.262 e. The summed E-state index contributed by atoms with van der Waals surface area (Å²) in [5, 5.41) is 3.28. The molecule has 0 saturated carbocycles. The Bertz CT molecular complexity index is 730. The Morgan fingerprint density at radius 3 is 2.83 bits per heavy atom. The van der Waals surface area contributed by atoms with Crippen LogP contribution in [0.2, 0.25) is 5.02 Å². The molecule has 1 amide bonds. The van der Waals surface area contributed by atoms with Gasteiger partial charge >= 0.3 is 0 Å². The third-order valence-corrected chi connectivity index (χ3v) is 4.11. The van der Waals surface area contributed by atoms with Crippen LogP contribution < -0.4 is 14.8 Å². The van der Waals surface area contributed by atoms with Gasteiger partial charge in [-0.2, -0.15) is 0 Å². The number of carbonyl (C=O) groups is 1. The van der Waals surface area contributed by atoms with Crippen LogP contribution in [0, 0.1) is 0 Å². The van der Waals surface area contributed by atoms with E-state index >= 15 is 0 Å². The number of methoxy groups -OCH3 is 1. The number of hydrogen-bond donors (Lipinski definition) is 1. The molecule has 0 heterocycles.